The third-order valence-corrected chi connectivity index (χ3v) is 3.21. The van der Waals surface area contributed by atoms with E-state index in [1.54, 1.807) is 30.3 Å². The van der Waals surface area contributed by atoms with Crippen LogP contribution in [0.25, 0.3) is 12.2 Å². The van der Waals surface area contributed by atoms with Crippen LogP contribution in [0.3, 0.4) is 0 Å². The van der Waals surface area contributed by atoms with E-state index in [4.69, 9.17) is 9.15 Å². The summed E-state index contributed by atoms with van der Waals surface area (Å²) in [6, 6.07) is 8.26. The molecule has 2 rings (SSSR count). The molecule has 0 aliphatic carbocycles. The molecule has 5 heteroatoms. The lowest BCUT2D eigenvalue weighted by Crippen LogP contribution is -2.01. The van der Waals surface area contributed by atoms with Crippen LogP contribution in [-0.4, -0.2) is 23.8 Å². The molecule has 0 saturated carbocycles. The molecule has 1 aromatic heterocycles. The van der Waals surface area contributed by atoms with Crippen LogP contribution < -0.4 is 4.74 Å². The Hall–Kier alpha value is -3.08. The molecule has 0 spiro atoms. The van der Waals surface area contributed by atoms with Crippen LogP contribution in [0.15, 0.2) is 46.9 Å². The number of phenolic OH excluding ortho intramolecular Hbond substituents is 1. The number of furan rings is 1. The summed E-state index contributed by atoms with van der Waals surface area (Å²) in [7, 11) is 1.44. The Morgan fingerprint density at radius 3 is 2.46 bits per heavy atom. The molecular weight excluding hydrogens is 308 g/mol. The molecule has 0 fully saturated rings. The van der Waals surface area contributed by atoms with E-state index in [-0.39, 0.29) is 23.7 Å². The van der Waals surface area contributed by atoms with Crippen LogP contribution in [-0.2, 0) is 9.59 Å². The number of ether oxygens (including phenoxy) is 1. The number of carbonyl (C=O) groups is 2. The first-order valence-electron chi connectivity index (χ1n) is 7.33. The quantitative estimate of drug-likeness (QED) is 0.622. The number of methoxy groups -OCH3 is 1. The Morgan fingerprint density at radius 2 is 1.83 bits per heavy atom. The third kappa shape index (κ3) is 4.98. The largest absolute Gasteiger partial charge is 0.504 e. The first-order chi connectivity index (χ1) is 11.5. The summed E-state index contributed by atoms with van der Waals surface area (Å²) in [5.41, 5.74) is 0.687. The zero-order valence-corrected chi connectivity index (χ0v) is 13.5. The number of aryl methyl sites for hydroxylation is 1. The number of allylic oxidation sites excluding steroid dienone is 2. The minimum Gasteiger partial charge on any atom is -0.504 e. The number of carbonyl (C=O) groups excluding carboxylic acids is 2. The van der Waals surface area contributed by atoms with Crippen LogP contribution in [0, 0.1) is 6.92 Å². The van der Waals surface area contributed by atoms with Gasteiger partial charge in [-0.1, -0.05) is 12.1 Å². The minimum absolute atomic E-state index is 0.0226. The molecule has 0 atom stereocenters. The average Bonchev–Trinajstić information content (AvgIpc) is 2.97. The molecule has 1 heterocycles. The lowest BCUT2D eigenvalue weighted by atomic mass is 10.1. The van der Waals surface area contributed by atoms with Crippen LogP contribution >= 0.6 is 0 Å². The van der Waals surface area contributed by atoms with Gasteiger partial charge in [0.05, 0.1) is 13.5 Å². The molecule has 0 aliphatic heterocycles. The molecule has 24 heavy (non-hydrogen) atoms. The average molecular weight is 326 g/mol. The summed E-state index contributed by atoms with van der Waals surface area (Å²) >= 11 is 0. The maximum atomic E-state index is 11.8. The van der Waals surface area contributed by atoms with Crippen molar-refractivity contribution < 1.29 is 23.8 Å². The highest BCUT2D eigenvalue weighted by Crippen LogP contribution is 2.26. The smallest absolute Gasteiger partial charge is 0.163 e. The van der Waals surface area contributed by atoms with Crippen molar-refractivity contribution in [1.29, 1.82) is 0 Å². The molecule has 1 N–H and O–H groups in total. The number of aromatic hydroxyl groups is 1. The molecule has 0 radical (unpaired) electrons. The first kappa shape index (κ1) is 17.3. The second-order valence-electron chi connectivity index (χ2n) is 5.16. The van der Waals surface area contributed by atoms with Gasteiger partial charge in [-0.2, -0.15) is 0 Å². The second kappa shape index (κ2) is 7.97. The molecule has 0 unspecified atom stereocenters. The van der Waals surface area contributed by atoms with E-state index in [1.165, 1.54) is 31.4 Å². The van der Waals surface area contributed by atoms with Gasteiger partial charge in [0.15, 0.2) is 23.1 Å². The summed E-state index contributed by atoms with van der Waals surface area (Å²) in [6.07, 6.45) is 5.54. The number of phenols is 1. The van der Waals surface area contributed by atoms with Crippen LogP contribution in [0.5, 0.6) is 11.5 Å². The molecule has 1 aromatic carbocycles. The van der Waals surface area contributed by atoms with E-state index >= 15 is 0 Å². The van der Waals surface area contributed by atoms with Crippen LogP contribution in [0.1, 0.15) is 23.5 Å². The summed E-state index contributed by atoms with van der Waals surface area (Å²) in [4.78, 5) is 23.6. The van der Waals surface area contributed by atoms with Gasteiger partial charge in [0.2, 0.25) is 0 Å². The highest BCUT2D eigenvalue weighted by Gasteiger charge is 2.05. The van der Waals surface area contributed by atoms with Gasteiger partial charge >= 0.3 is 0 Å². The van der Waals surface area contributed by atoms with Crippen molar-refractivity contribution in [2.45, 2.75) is 13.3 Å². The van der Waals surface area contributed by atoms with Crippen LogP contribution in [0.4, 0.5) is 0 Å². The monoisotopic (exact) mass is 326 g/mol. The van der Waals surface area contributed by atoms with Gasteiger partial charge in [0, 0.05) is 0 Å². The molecular formula is C19H18O5. The Bertz CT molecular complexity index is 796. The highest BCUT2D eigenvalue weighted by molar-refractivity contribution is 6.10. The van der Waals surface area contributed by atoms with E-state index in [0.29, 0.717) is 17.1 Å². The first-order valence-corrected chi connectivity index (χ1v) is 7.33. The van der Waals surface area contributed by atoms with Crippen molar-refractivity contribution in [3.8, 4) is 11.5 Å². The molecule has 0 bridgehead atoms. The van der Waals surface area contributed by atoms with E-state index in [2.05, 4.69) is 0 Å². The predicted octanol–water partition coefficient (Wildman–Crippen LogP) is 3.56. The van der Waals surface area contributed by atoms with Gasteiger partial charge in [-0.3, -0.25) is 9.59 Å². The highest BCUT2D eigenvalue weighted by atomic mass is 16.5. The minimum atomic E-state index is -0.313. The molecule has 124 valence electrons. The second-order valence-corrected chi connectivity index (χ2v) is 5.16. The summed E-state index contributed by atoms with van der Waals surface area (Å²) in [5, 5.41) is 9.51. The molecule has 0 saturated heterocycles. The Balaban J connectivity index is 1.92. The normalized spacial score (nSPS) is 11.2. The van der Waals surface area contributed by atoms with E-state index < -0.39 is 0 Å². The fourth-order valence-corrected chi connectivity index (χ4v) is 1.99. The van der Waals surface area contributed by atoms with Crippen molar-refractivity contribution in [1.82, 2.24) is 0 Å². The molecule has 0 amide bonds. The fraction of sp³-hybridized carbons (Fsp3) is 0.158. The Labute approximate surface area is 139 Å². The number of hydrogen-bond donors (Lipinski definition) is 1. The van der Waals surface area contributed by atoms with Crippen molar-refractivity contribution in [2.75, 3.05) is 7.11 Å². The molecule has 2 aromatic rings. The lowest BCUT2D eigenvalue weighted by Gasteiger charge is -2.03. The maximum Gasteiger partial charge on any atom is 0.163 e. The zero-order valence-electron chi connectivity index (χ0n) is 13.5. The van der Waals surface area contributed by atoms with E-state index in [1.807, 2.05) is 6.92 Å². The standard InChI is InChI=1S/C19H18O5/c1-13-3-8-17(24-13)9-7-16(21)12-15(20)6-4-14-5-10-18(22)19(11-14)23-2/h3-11,22H,12H2,1-2H3/b6-4+,9-7+. The van der Waals surface area contributed by atoms with Gasteiger partial charge < -0.3 is 14.3 Å². The lowest BCUT2D eigenvalue weighted by molar-refractivity contribution is -0.121. The van der Waals surface area contributed by atoms with E-state index in [9.17, 15) is 14.7 Å². The third-order valence-electron chi connectivity index (χ3n) is 3.21. The van der Waals surface area contributed by atoms with Crippen molar-refractivity contribution in [2.24, 2.45) is 0 Å². The topological polar surface area (TPSA) is 76.7 Å². The summed E-state index contributed by atoms with van der Waals surface area (Å²) in [6.45, 7) is 1.81. The predicted molar refractivity (Wildman–Crippen MR) is 90.8 cm³/mol. The fourth-order valence-electron chi connectivity index (χ4n) is 1.99. The number of rotatable bonds is 7. The van der Waals surface area contributed by atoms with E-state index in [0.717, 1.165) is 5.76 Å². The number of benzene rings is 1. The van der Waals surface area contributed by atoms with Gasteiger partial charge in [0.25, 0.3) is 0 Å². The van der Waals surface area contributed by atoms with Crippen LogP contribution in [0.2, 0.25) is 0 Å². The number of hydrogen-bond acceptors (Lipinski definition) is 5. The summed E-state index contributed by atoms with van der Waals surface area (Å²) < 4.78 is 10.3. The molecule has 5 nitrogen and oxygen atoms in total. The Kier molecular flexibility index (Phi) is 5.73. The van der Waals surface area contributed by atoms with Gasteiger partial charge in [0.1, 0.15) is 11.5 Å². The van der Waals surface area contributed by atoms with Gasteiger partial charge in [-0.15, -0.1) is 0 Å². The van der Waals surface area contributed by atoms with Crippen molar-refractivity contribution in [3.63, 3.8) is 0 Å². The van der Waals surface area contributed by atoms with Crippen molar-refractivity contribution >= 4 is 23.7 Å². The van der Waals surface area contributed by atoms with Gasteiger partial charge in [-0.25, -0.2) is 0 Å². The summed E-state index contributed by atoms with van der Waals surface area (Å²) in [5.74, 6) is 1.05. The molecule has 0 aliphatic rings. The SMILES string of the molecule is COc1cc(/C=C/C(=O)CC(=O)/C=C/c2ccc(C)o2)ccc1O. The van der Waals surface area contributed by atoms with Crippen molar-refractivity contribution in [3.05, 3.63) is 59.6 Å². The number of ketones is 2. The zero-order chi connectivity index (χ0) is 17.5. The maximum absolute atomic E-state index is 11.8. The Morgan fingerprint density at radius 1 is 1.12 bits per heavy atom. The van der Waals surface area contributed by atoms with Gasteiger partial charge in [-0.05, 0) is 55.0 Å².